The van der Waals surface area contributed by atoms with Crippen molar-refractivity contribution >= 4 is 18.0 Å². The molecular weight excluding hydrogens is 246 g/mol. The Morgan fingerprint density at radius 1 is 1.53 bits per heavy atom. The molecule has 0 radical (unpaired) electrons. The van der Waals surface area contributed by atoms with E-state index in [0.29, 0.717) is 6.42 Å². The fraction of sp³-hybridized carbons (Fsp3) is 0.462. The summed E-state index contributed by atoms with van der Waals surface area (Å²) in [6, 6.07) is 1.53. The third kappa shape index (κ3) is 3.21. The van der Waals surface area contributed by atoms with Crippen LogP contribution in [-0.2, 0) is 16.6 Å². The van der Waals surface area contributed by atoms with E-state index in [1.54, 1.807) is 30.1 Å². The summed E-state index contributed by atoms with van der Waals surface area (Å²) >= 11 is 0. The van der Waals surface area contributed by atoms with Crippen LogP contribution in [-0.4, -0.2) is 32.8 Å². The summed E-state index contributed by atoms with van der Waals surface area (Å²) in [7, 11) is 1.79. The van der Waals surface area contributed by atoms with Crippen LogP contribution in [0.5, 0.6) is 0 Å². The minimum Gasteiger partial charge on any atom is -0.481 e. The zero-order valence-corrected chi connectivity index (χ0v) is 10.7. The molecule has 2 atom stereocenters. The van der Waals surface area contributed by atoms with Gasteiger partial charge >= 0.3 is 5.97 Å². The lowest BCUT2D eigenvalue weighted by Crippen LogP contribution is -2.39. The number of carbonyl (C=O) groups is 2. The fourth-order valence-electron chi connectivity index (χ4n) is 2.37. The molecule has 1 aromatic heterocycles. The van der Waals surface area contributed by atoms with Crippen LogP contribution in [0.3, 0.4) is 0 Å². The van der Waals surface area contributed by atoms with Gasteiger partial charge in [0.2, 0.25) is 5.91 Å². The SMILES string of the molecule is Cn1nccc1C=CC(=O)NC1CCCC1C(=O)O. The topological polar surface area (TPSA) is 84.2 Å². The highest BCUT2D eigenvalue weighted by atomic mass is 16.4. The average Bonchev–Trinajstić information content (AvgIpc) is 2.95. The van der Waals surface area contributed by atoms with E-state index in [1.165, 1.54) is 6.08 Å². The molecule has 0 bridgehead atoms. The van der Waals surface area contributed by atoms with E-state index in [0.717, 1.165) is 18.5 Å². The van der Waals surface area contributed by atoms with Crippen molar-refractivity contribution in [2.24, 2.45) is 13.0 Å². The Morgan fingerprint density at radius 2 is 2.32 bits per heavy atom. The molecule has 2 N–H and O–H groups in total. The van der Waals surface area contributed by atoms with Crippen molar-refractivity contribution in [1.82, 2.24) is 15.1 Å². The largest absolute Gasteiger partial charge is 0.481 e. The highest BCUT2D eigenvalue weighted by Crippen LogP contribution is 2.25. The van der Waals surface area contributed by atoms with Crippen LogP contribution >= 0.6 is 0 Å². The molecular formula is C13H17N3O3. The molecule has 1 aliphatic carbocycles. The maximum absolute atomic E-state index is 11.8. The van der Waals surface area contributed by atoms with Crippen LogP contribution in [0.1, 0.15) is 25.0 Å². The average molecular weight is 263 g/mol. The highest BCUT2D eigenvalue weighted by Gasteiger charge is 2.33. The van der Waals surface area contributed by atoms with Gasteiger partial charge in [-0.3, -0.25) is 14.3 Å². The third-order valence-corrected chi connectivity index (χ3v) is 3.43. The molecule has 2 unspecified atom stereocenters. The van der Waals surface area contributed by atoms with Gasteiger partial charge in [-0.2, -0.15) is 5.10 Å². The lowest BCUT2D eigenvalue weighted by atomic mass is 10.0. The summed E-state index contributed by atoms with van der Waals surface area (Å²) in [5.41, 5.74) is 0.816. The van der Waals surface area contributed by atoms with Crippen molar-refractivity contribution in [3.8, 4) is 0 Å². The number of carboxylic acids is 1. The lowest BCUT2D eigenvalue weighted by molar-refractivity contribution is -0.142. The highest BCUT2D eigenvalue weighted by molar-refractivity contribution is 5.92. The molecule has 1 heterocycles. The van der Waals surface area contributed by atoms with Gasteiger partial charge in [-0.15, -0.1) is 0 Å². The first-order chi connectivity index (χ1) is 9.08. The predicted molar refractivity (Wildman–Crippen MR) is 69.1 cm³/mol. The smallest absolute Gasteiger partial charge is 0.308 e. The van der Waals surface area contributed by atoms with Crippen LogP contribution in [0.15, 0.2) is 18.3 Å². The normalized spacial score (nSPS) is 22.8. The Labute approximate surface area is 111 Å². The molecule has 6 heteroatoms. The number of carbonyl (C=O) groups excluding carboxylic acids is 1. The van der Waals surface area contributed by atoms with Crippen LogP contribution in [0, 0.1) is 5.92 Å². The van der Waals surface area contributed by atoms with E-state index in [1.807, 2.05) is 0 Å². The summed E-state index contributed by atoms with van der Waals surface area (Å²) in [5, 5.41) is 15.8. The molecule has 6 nitrogen and oxygen atoms in total. The zero-order chi connectivity index (χ0) is 13.8. The summed E-state index contributed by atoms with van der Waals surface area (Å²) < 4.78 is 1.65. The number of aliphatic carboxylic acids is 1. The summed E-state index contributed by atoms with van der Waals surface area (Å²) in [4.78, 5) is 22.8. The number of carboxylic acid groups (broad SMARTS) is 1. The van der Waals surface area contributed by atoms with Gasteiger partial charge in [-0.05, 0) is 25.0 Å². The number of aromatic nitrogens is 2. The number of amides is 1. The molecule has 1 saturated carbocycles. The second kappa shape index (κ2) is 5.69. The van der Waals surface area contributed by atoms with E-state index in [4.69, 9.17) is 5.11 Å². The Morgan fingerprint density at radius 3 is 2.95 bits per heavy atom. The molecule has 1 fully saturated rings. The Bertz CT molecular complexity index is 507. The van der Waals surface area contributed by atoms with Gasteiger partial charge in [0.1, 0.15) is 0 Å². The van der Waals surface area contributed by atoms with E-state index in [2.05, 4.69) is 10.4 Å². The number of aryl methyl sites for hydroxylation is 1. The van der Waals surface area contributed by atoms with E-state index < -0.39 is 11.9 Å². The van der Waals surface area contributed by atoms with Crippen molar-refractivity contribution in [2.45, 2.75) is 25.3 Å². The first-order valence-electron chi connectivity index (χ1n) is 6.27. The van der Waals surface area contributed by atoms with Crippen molar-refractivity contribution in [3.63, 3.8) is 0 Å². The van der Waals surface area contributed by atoms with Gasteiger partial charge in [-0.1, -0.05) is 6.42 Å². The van der Waals surface area contributed by atoms with E-state index in [-0.39, 0.29) is 11.9 Å². The predicted octanol–water partition coefficient (Wildman–Crippen LogP) is 0.803. The van der Waals surface area contributed by atoms with Crippen LogP contribution in [0.4, 0.5) is 0 Å². The lowest BCUT2D eigenvalue weighted by Gasteiger charge is -2.16. The van der Waals surface area contributed by atoms with Crippen molar-refractivity contribution in [2.75, 3.05) is 0 Å². The molecule has 2 rings (SSSR count). The van der Waals surface area contributed by atoms with E-state index in [9.17, 15) is 9.59 Å². The van der Waals surface area contributed by atoms with Gasteiger partial charge in [0.15, 0.2) is 0 Å². The molecule has 0 saturated heterocycles. The molecule has 102 valence electrons. The van der Waals surface area contributed by atoms with Crippen LogP contribution in [0.2, 0.25) is 0 Å². The van der Waals surface area contributed by atoms with Crippen molar-refractivity contribution in [1.29, 1.82) is 0 Å². The zero-order valence-electron chi connectivity index (χ0n) is 10.7. The number of hydrogen-bond donors (Lipinski definition) is 2. The quantitative estimate of drug-likeness (QED) is 0.787. The molecule has 1 amide bonds. The number of nitrogens with zero attached hydrogens (tertiary/aromatic N) is 2. The van der Waals surface area contributed by atoms with Gasteiger partial charge in [0.25, 0.3) is 0 Å². The minimum absolute atomic E-state index is 0.263. The molecule has 0 aliphatic heterocycles. The van der Waals surface area contributed by atoms with Crippen molar-refractivity contribution < 1.29 is 14.7 Å². The summed E-state index contributed by atoms with van der Waals surface area (Å²) in [6.07, 6.45) is 6.91. The second-order valence-corrected chi connectivity index (χ2v) is 4.70. The molecule has 19 heavy (non-hydrogen) atoms. The van der Waals surface area contributed by atoms with Gasteiger partial charge in [0, 0.05) is 25.4 Å². The Hall–Kier alpha value is -2.11. The molecule has 0 aromatic carbocycles. The maximum Gasteiger partial charge on any atom is 0.308 e. The van der Waals surface area contributed by atoms with Gasteiger partial charge < -0.3 is 10.4 Å². The van der Waals surface area contributed by atoms with Gasteiger partial charge in [-0.25, -0.2) is 0 Å². The standard InChI is InChI=1S/C13H17N3O3/c1-16-9(7-8-14-16)5-6-12(17)15-11-4-2-3-10(11)13(18)19/h5-8,10-11H,2-4H2,1H3,(H,15,17)(H,18,19). The molecule has 0 spiro atoms. The maximum atomic E-state index is 11.8. The van der Waals surface area contributed by atoms with Crippen LogP contribution < -0.4 is 5.32 Å². The number of nitrogens with one attached hydrogen (secondary N) is 1. The molecule has 1 aliphatic rings. The Kier molecular flexibility index (Phi) is 3.99. The van der Waals surface area contributed by atoms with Crippen LogP contribution in [0.25, 0.3) is 6.08 Å². The summed E-state index contributed by atoms with van der Waals surface area (Å²) in [6.45, 7) is 0. The van der Waals surface area contributed by atoms with Crippen molar-refractivity contribution in [3.05, 3.63) is 24.0 Å². The second-order valence-electron chi connectivity index (χ2n) is 4.70. The first kappa shape index (κ1) is 13.3. The third-order valence-electron chi connectivity index (χ3n) is 3.43. The summed E-state index contributed by atoms with van der Waals surface area (Å²) in [5.74, 6) is -1.56. The first-order valence-corrected chi connectivity index (χ1v) is 6.27. The number of hydrogen-bond acceptors (Lipinski definition) is 3. The monoisotopic (exact) mass is 263 g/mol. The molecule has 1 aromatic rings. The minimum atomic E-state index is -0.835. The van der Waals surface area contributed by atoms with Gasteiger partial charge in [0.05, 0.1) is 11.6 Å². The number of rotatable bonds is 4. The fourth-order valence-corrected chi connectivity index (χ4v) is 2.37. The van der Waals surface area contributed by atoms with E-state index >= 15 is 0 Å². The Balaban J connectivity index is 1.93.